The zero-order valence-electron chi connectivity index (χ0n) is 18.1. The van der Waals surface area contributed by atoms with Crippen molar-refractivity contribution in [2.75, 3.05) is 7.11 Å². The molecule has 2 heterocycles. The SMILES string of the molecule is CCc1[nH]c(-c2ccccc2)nc1-c1cccc(-c2[nH]c(-c3ccccc3)nc2OC)c1. The fourth-order valence-electron chi connectivity index (χ4n) is 3.89. The van der Waals surface area contributed by atoms with Crippen LogP contribution in [0.15, 0.2) is 84.9 Å². The number of benzene rings is 3. The Labute approximate surface area is 187 Å². The van der Waals surface area contributed by atoms with E-state index in [0.29, 0.717) is 5.88 Å². The zero-order valence-corrected chi connectivity index (χ0v) is 18.1. The molecule has 5 heteroatoms. The second kappa shape index (κ2) is 8.55. The van der Waals surface area contributed by atoms with Gasteiger partial charge in [0.15, 0.2) is 0 Å². The van der Waals surface area contributed by atoms with Crippen molar-refractivity contribution in [2.45, 2.75) is 13.3 Å². The van der Waals surface area contributed by atoms with E-state index in [4.69, 9.17) is 9.72 Å². The summed E-state index contributed by atoms with van der Waals surface area (Å²) in [6.07, 6.45) is 0.866. The zero-order chi connectivity index (χ0) is 21.9. The number of hydrogen-bond acceptors (Lipinski definition) is 3. The minimum Gasteiger partial charge on any atom is -0.479 e. The van der Waals surface area contributed by atoms with Gasteiger partial charge in [0.1, 0.15) is 17.3 Å². The van der Waals surface area contributed by atoms with Gasteiger partial charge in [-0.3, -0.25) is 0 Å². The average Bonchev–Trinajstić information content (AvgIpc) is 3.50. The number of aryl methyl sites for hydroxylation is 1. The molecule has 5 aromatic rings. The number of methoxy groups -OCH3 is 1. The molecule has 0 bridgehead atoms. The number of aromatic amines is 2. The van der Waals surface area contributed by atoms with Crippen molar-refractivity contribution in [2.24, 2.45) is 0 Å². The van der Waals surface area contributed by atoms with Gasteiger partial charge in [-0.2, -0.15) is 4.98 Å². The second-order valence-electron chi connectivity index (χ2n) is 7.55. The van der Waals surface area contributed by atoms with E-state index in [1.807, 2.05) is 54.6 Å². The summed E-state index contributed by atoms with van der Waals surface area (Å²) in [7, 11) is 1.65. The third-order valence-electron chi connectivity index (χ3n) is 5.52. The molecule has 5 nitrogen and oxygen atoms in total. The lowest BCUT2D eigenvalue weighted by Crippen LogP contribution is -1.89. The molecule has 2 N–H and O–H groups in total. The minimum atomic E-state index is 0.573. The largest absolute Gasteiger partial charge is 0.479 e. The maximum absolute atomic E-state index is 5.59. The average molecular weight is 421 g/mol. The lowest BCUT2D eigenvalue weighted by Gasteiger charge is -2.05. The van der Waals surface area contributed by atoms with Crippen LogP contribution < -0.4 is 4.74 Å². The second-order valence-corrected chi connectivity index (χ2v) is 7.55. The number of imidazole rings is 2. The van der Waals surface area contributed by atoms with Gasteiger partial charge in [-0.05, 0) is 12.5 Å². The molecule has 158 valence electrons. The Bertz CT molecular complexity index is 1240. The highest BCUT2D eigenvalue weighted by Gasteiger charge is 2.17. The van der Waals surface area contributed by atoms with Crippen LogP contribution >= 0.6 is 0 Å². The van der Waals surface area contributed by atoms with Crippen LogP contribution in [-0.4, -0.2) is 27.0 Å². The summed E-state index contributed by atoms with van der Waals surface area (Å²) in [5.41, 5.74) is 7.08. The van der Waals surface area contributed by atoms with Crippen molar-refractivity contribution >= 4 is 0 Å². The van der Waals surface area contributed by atoms with Gasteiger partial charge < -0.3 is 14.7 Å². The van der Waals surface area contributed by atoms with Gasteiger partial charge in [0.05, 0.1) is 12.8 Å². The molecule has 0 fully saturated rings. The highest BCUT2D eigenvalue weighted by atomic mass is 16.5. The summed E-state index contributed by atoms with van der Waals surface area (Å²) in [4.78, 5) is 16.5. The monoisotopic (exact) mass is 420 g/mol. The summed E-state index contributed by atoms with van der Waals surface area (Å²) in [6, 6.07) is 28.6. The molecule has 0 amide bonds. The molecule has 0 unspecified atom stereocenters. The minimum absolute atomic E-state index is 0.573. The van der Waals surface area contributed by atoms with Gasteiger partial charge in [0.2, 0.25) is 5.88 Å². The first-order chi connectivity index (χ1) is 15.8. The first-order valence-corrected chi connectivity index (χ1v) is 10.7. The van der Waals surface area contributed by atoms with E-state index in [-0.39, 0.29) is 0 Å². The quantitative estimate of drug-likeness (QED) is 0.335. The molecule has 32 heavy (non-hydrogen) atoms. The van der Waals surface area contributed by atoms with Crippen LogP contribution in [0.1, 0.15) is 12.6 Å². The summed E-state index contributed by atoms with van der Waals surface area (Å²) >= 11 is 0. The number of H-pyrrole nitrogens is 2. The predicted octanol–water partition coefficient (Wildman–Crippen LogP) is 6.37. The fourth-order valence-corrected chi connectivity index (χ4v) is 3.89. The number of nitrogens with one attached hydrogen (secondary N) is 2. The van der Waals surface area contributed by atoms with E-state index in [1.54, 1.807) is 7.11 Å². The Morgan fingerprint density at radius 3 is 1.91 bits per heavy atom. The normalized spacial score (nSPS) is 10.9. The van der Waals surface area contributed by atoms with Crippen molar-refractivity contribution in [3.8, 4) is 51.2 Å². The Kier molecular flexibility index (Phi) is 5.30. The Hall–Kier alpha value is -4.12. The molecule has 0 aliphatic carbocycles. The maximum Gasteiger partial charge on any atom is 0.240 e. The summed E-state index contributed by atoms with van der Waals surface area (Å²) in [5.74, 6) is 2.24. The van der Waals surface area contributed by atoms with E-state index < -0.39 is 0 Å². The van der Waals surface area contributed by atoms with Crippen LogP contribution in [0.5, 0.6) is 5.88 Å². The number of rotatable bonds is 6. The Balaban J connectivity index is 1.57. The summed E-state index contributed by atoms with van der Waals surface area (Å²) < 4.78 is 5.59. The molecule has 0 aliphatic rings. The van der Waals surface area contributed by atoms with Crippen molar-refractivity contribution in [3.05, 3.63) is 90.6 Å². The third-order valence-corrected chi connectivity index (χ3v) is 5.52. The number of hydrogen-bond donors (Lipinski definition) is 2. The van der Waals surface area contributed by atoms with E-state index in [9.17, 15) is 0 Å². The molecule has 5 rings (SSSR count). The molecular weight excluding hydrogens is 396 g/mol. The van der Waals surface area contributed by atoms with Crippen molar-refractivity contribution in [3.63, 3.8) is 0 Å². The van der Waals surface area contributed by atoms with Gasteiger partial charge >= 0.3 is 0 Å². The molecule has 2 aromatic heterocycles. The molecule has 0 saturated carbocycles. The lowest BCUT2D eigenvalue weighted by atomic mass is 10.0. The first-order valence-electron chi connectivity index (χ1n) is 10.7. The lowest BCUT2D eigenvalue weighted by molar-refractivity contribution is 0.402. The number of ether oxygens (including phenoxy) is 1. The maximum atomic E-state index is 5.59. The Morgan fingerprint density at radius 2 is 1.28 bits per heavy atom. The molecule has 3 aromatic carbocycles. The summed E-state index contributed by atoms with van der Waals surface area (Å²) in [5, 5.41) is 0. The Morgan fingerprint density at radius 1 is 0.688 bits per heavy atom. The highest BCUT2D eigenvalue weighted by molar-refractivity contribution is 5.76. The van der Waals surface area contributed by atoms with Gasteiger partial charge in [0.25, 0.3) is 0 Å². The standard InChI is InChI=1S/C27H24N4O/c1-3-22-23(29-25(28-22)18-11-6-4-7-12-18)20-15-10-16-21(17-20)24-27(32-2)31-26(30-24)19-13-8-5-9-14-19/h4-17H,3H2,1-2H3,(H,28,29)(H,30,31). The van der Waals surface area contributed by atoms with Gasteiger partial charge in [-0.15, -0.1) is 0 Å². The summed E-state index contributed by atoms with van der Waals surface area (Å²) in [6.45, 7) is 2.14. The van der Waals surface area contributed by atoms with Crippen LogP contribution in [0.25, 0.3) is 45.3 Å². The molecule has 0 spiro atoms. The van der Waals surface area contributed by atoms with Gasteiger partial charge in [-0.1, -0.05) is 85.8 Å². The van der Waals surface area contributed by atoms with Crippen molar-refractivity contribution in [1.82, 2.24) is 19.9 Å². The van der Waals surface area contributed by atoms with E-state index in [0.717, 1.165) is 57.4 Å². The molecule has 0 aliphatic heterocycles. The molecule has 0 radical (unpaired) electrons. The molecule has 0 saturated heterocycles. The van der Waals surface area contributed by atoms with Crippen molar-refractivity contribution < 1.29 is 4.74 Å². The van der Waals surface area contributed by atoms with Crippen LogP contribution in [0.2, 0.25) is 0 Å². The van der Waals surface area contributed by atoms with E-state index >= 15 is 0 Å². The van der Waals surface area contributed by atoms with Crippen LogP contribution in [-0.2, 0) is 6.42 Å². The van der Waals surface area contributed by atoms with Crippen LogP contribution in [0, 0.1) is 0 Å². The highest BCUT2D eigenvalue weighted by Crippen LogP contribution is 2.34. The van der Waals surface area contributed by atoms with Gasteiger partial charge in [0, 0.05) is 27.9 Å². The first kappa shape index (κ1) is 19.8. The topological polar surface area (TPSA) is 66.6 Å². The van der Waals surface area contributed by atoms with Crippen LogP contribution in [0.4, 0.5) is 0 Å². The number of nitrogens with zero attached hydrogens (tertiary/aromatic N) is 2. The molecular formula is C27H24N4O. The van der Waals surface area contributed by atoms with E-state index in [1.165, 1.54) is 0 Å². The van der Waals surface area contributed by atoms with E-state index in [2.05, 4.69) is 52.2 Å². The fraction of sp³-hybridized carbons (Fsp3) is 0.111. The van der Waals surface area contributed by atoms with Crippen molar-refractivity contribution in [1.29, 1.82) is 0 Å². The predicted molar refractivity (Wildman–Crippen MR) is 128 cm³/mol. The van der Waals surface area contributed by atoms with Crippen LogP contribution in [0.3, 0.4) is 0 Å². The van der Waals surface area contributed by atoms with Gasteiger partial charge in [-0.25, -0.2) is 4.98 Å². The number of aromatic nitrogens is 4. The third kappa shape index (κ3) is 3.69. The molecule has 0 atom stereocenters. The smallest absolute Gasteiger partial charge is 0.240 e.